The van der Waals surface area contributed by atoms with Gasteiger partial charge < -0.3 is 9.64 Å². The largest absolute Gasteiger partial charge is 0.465 e. The molecule has 0 spiro atoms. The smallest absolute Gasteiger partial charge is 0.323 e. The summed E-state index contributed by atoms with van der Waals surface area (Å²) in [7, 11) is 0. The Hall–Kier alpha value is -2.02. The van der Waals surface area contributed by atoms with Crippen molar-refractivity contribution in [3.05, 3.63) is 29.8 Å². The van der Waals surface area contributed by atoms with Gasteiger partial charge in [-0.15, -0.1) is 0 Å². The molecular formula is C16H22N2O2. The molecule has 0 saturated heterocycles. The molecular weight excluding hydrogens is 252 g/mol. The zero-order chi connectivity index (χ0) is 15.0. The molecule has 0 heterocycles. The highest BCUT2D eigenvalue weighted by molar-refractivity contribution is 5.75. The first-order valence-corrected chi connectivity index (χ1v) is 7.06. The van der Waals surface area contributed by atoms with Gasteiger partial charge in [-0.1, -0.05) is 12.1 Å². The van der Waals surface area contributed by atoms with E-state index in [0.29, 0.717) is 13.0 Å². The molecule has 20 heavy (non-hydrogen) atoms. The minimum absolute atomic E-state index is 0.303. The molecule has 0 fully saturated rings. The third-order valence-corrected chi connectivity index (χ3v) is 3.23. The molecule has 0 N–H and O–H groups in total. The molecule has 0 aliphatic carbocycles. The van der Waals surface area contributed by atoms with Gasteiger partial charge in [-0.05, 0) is 44.9 Å². The van der Waals surface area contributed by atoms with E-state index in [1.807, 2.05) is 30.3 Å². The van der Waals surface area contributed by atoms with Crippen LogP contribution < -0.4 is 4.90 Å². The van der Waals surface area contributed by atoms with Crippen molar-refractivity contribution in [2.24, 2.45) is 5.92 Å². The van der Waals surface area contributed by atoms with Crippen molar-refractivity contribution in [2.45, 2.75) is 27.2 Å². The third-order valence-electron chi connectivity index (χ3n) is 3.23. The Labute approximate surface area is 121 Å². The molecule has 1 atom stereocenters. The van der Waals surface area contributed by atoms with Gasteiger partial charge in [0, 0.05) is 18.8 Å². The average Bonchev–Trinajstić information content (AvgIpc) is 2.47. The lowest BCUT2D eigenvalue weighted by molar-refractivity contribution is -0.145. The van der Waals surface area contributed by atoms with Crippen molar-refractivity contribution in [3.8, 4) is 6.07 Å². The van der Waals surface area contributed by atoms with Crippen LogP contribution in [0.25, 0.3) is 0 Å². The van der Waals surface area contributed by atoms with E-state index in [4.69, 9.17) is 10.00 Å². The lowest BCUT2D eigenvalue weighted by Crippen LogP contribution is -2.21. The lowest BCUT2D eigenvalue weighted by Gasteiger charge is -2.21. The van der Waals surface area contributed by atoms with Crippen LogP contribution in [0.2, 0.25) is 0 Å². The van der Waals surface area contributed by atoms with Crippen LogP contribution in [-0.4, -0.2) is 25.7 Å². The molecule has 1 rings (SSSR count). The number of anilines is 1. The van der Waals surface area contributed by atoms with Crippen LogP contribution >= 0.6 is 0 Å². The second kappa shape index (κ2) is 8.21. The Morgan fingerprint density at radius 2 is 1.85 bits per heavy atom. The molecule has 0 aromatic heterocycles. The number of hydrogen-bond acceptors (Lipinski definition) is 4. The summed E-state index contributed by atoms with van der Waals surface area (Å²) in [4.78, 5) is 13.8. The first kappa shape index (κ1) is 16.0. The fraction of sp³-hybridized carbons (Fsp3) is 0.500. The summed E-state index contributed by atoms with van der Waals surface area (Å²) >= 11 is 0. The number of benzene rings is 1. The molecule has 1 unspecified atom stereocenters. The zero-order valence-electron chi connectivity index (χ0n) is 12.4. The highest BCUT2D eigenvalue weighted by atomic mass is 16.5. The third kappa shape index (κ3) is 4.27. The summed E-state index contributed by atoms with van der Waals surface area (Å²) in [5.41, 5.74) is 2.13. The summed E-state index contributed by atoms with van der Waals surface area (Å²) < 4.78 is 4.89. The zero-order valence-corrected chi connectivity index (χ0v) is 12.4. The van der Waals surface area contributed by atoms with Crippen molar-refractivity contribution in [1.29, 1.82) is 5.26 Å². The molecule has 0 bridgehead atoms. The first-order valence-electron chi connectivity index (χ1n) is 7.06. The van der Waals surface area contributed by atoms with E-state index in [1.165, 1.54) is 0 Å². The van der Waals surface area contributed by atoms with Gasteiger partial charge in [-0.25, -0.2) is 0 Å². The van der Waals surface area contributed by atoms with Crippen LogP contribution in [0.3, 0.4) is 0 Å². The van der Waals surface area contributed by atoms with E-state index in [9.17, 15) is 4.79 Å². The molecule has 0 amide bonds. The summed E-state index contributed by atoms with van der Waals surface area (Å²) in [5.74, 6) is -1.17. The predicted molar refractivity (Wildman–Crippen MR) is 79.4 cm³/mol. The fourth-order valence-electron chi connectivity index (χ4n) is 2.09. The van der Waals surface area contributed by atoms with E-state index in [1.54, 1.807) is 6.92 Å². The van der Waals surface area contributed by atoms with E-state index >= 15 is 0 Å². The molecule has 4 heteroatoms. The topological polar surface area (TPSA) is 53.3 Å². The molecule has 0 saturated carbocycles. The Kier molecular flexibility index (Phi) is 6.58. The highest BCUT2D eigenvalue weighted by Crippen LogP contribution is 2.17. The summed E-state index contributed by atoms with van der Waals surface area (Å²) in [6.07, 6.45) is 0.397. The molecule has 108 valence electrons. The maximum Gasteiger partial charge on any atom is 0.323 e. The monoisotopic (exact) mass is 274 g/mol. The van der Waals surface area contributed by atoms with E-state index in [2.05, 4.69) is 18.7 Å². The normalized spacial score (nSPS) is 11.5. The summed E-state index contributed by atoms with van der Waals surface area (Å²) in [6.45, 7) is 8.19. The minimum atomic E-state index is -0.728. The van der Waals surface area contributed by atoms with Crippen molar-refractivity contribution >= 4 is 11.7 Å². The maximum absolute atomic E-state index is 11.6. The molecule has 0 aliphatic heterocycles. The molecule has 4 nitrogen and oxygen atoms in total. The molecule has 1 aromatic carbocycles. The van der Waals surface area contributed by atoms with Gasteiger partial charge >= 0.3 is 5.97 Å². The summed E-state index contributed by atoms with van der Waals surface area (Å²) in [5, 5.41) is 9.04. The molecule has 0 aliphatic rings. The van der Waals surface area contributed by atoms with Crippen LogP contribution in [-0.2, 0) is 16.0 Å². The maximum atomic E-state index is 11.6. The van der Waals surface area contributed by atoms with Gasteiger partial charge in [-0.3, -0.25) is 4.79 Å². The van der Waals surface area contributed by atoms with Gasteiger partial charge in [-0.2, -0.15) is 5.26 Å². The van der Waals surface area contributed by atoms with Gasteiger partial charge in [0.2, 0.25) is 0 Å². The first-order chi connectivity index (χ1) is 9.65. The van der Waals surface area contributed by atoms with Gasteiger partial charge in [0.15, 0.2) is 0 Å². The predicted octanol–water partition coefficient (Wildman–Crippen LogP) is 2.78. The van der Waals surface area contributed by atoms with Crippen LogP contribution in [0.5, 0.6) is 0 Å². The van der Waals surface area contributed by atoms with Crippen LogP contribution in [0, 0.1) is 17.2 Å². The Morgan fingerprint density at radius 3 is 2.30 bits per heavy atom. The number of rotatable bonds is 7. The number of hydrogen-bond donors (Lipinski definition) is 0. The Morgan fingerprint density at radius 1 is 1.25 bits per heavy atom. The van der Waals surface area contributed by atoms with E-state index < -0.39 is 11.9 Å². The summed E-state index contributed by atoms with van der Waals surface area (Å²) in [6, 6.07) is 10.0. The number of carbonyl (C=O) groups excluding carboxylic acids is 1. The Bertz CT molecular complexity index is 458. The number of nitrogens with zero attached hydrogens (tertiary/aromatic N) is 2. The van der Waals surface area contributed by atoms with E-state index in [0.717, 1.165) is 24.3 Å². The fourth-order valence-corrected chi connectivity index (χ4v) is 2.09. The molecule has 0 radical (unpaired) electrons. The minimum Gasteiger partial charge on any atom is -0.465 e. The number of carbonyl (C=O) groups is 1. The van der Waals surface area contributed by atoms with Crippen LogP contribution in [0.4, 0.5) is 5.69 Å². The number of ether oxygens (including phenoxy) is 1. The van der Waals surface area contributed by atoms with E-state index in [-0.39, 0.29) is 0 Å². The standard InChI is InChI=1S/C16H22N2O2/c1-4-18(5-2)15-9-7-13(8-10-15)11-14(12-17)16(19)20-6-3/h7-10,14H,4-6,11H2,1-3H3. The Balaban J connectivity index is 2.74. The number of esters is 1. The van der Waals surface area contributed by atoms with Crippen molar-refractivity contribution in [2.75, 3.05) is 24.6 Å². The van der Waals surface area contributed by atoms with Crippen molar-refractivity contribution < 1.29 is 9.53 Å². The average molecular weight is 274 g/mol. The van der Waals surface area contributed by atoms with Crippen molar-refractivity contribution in [3.63, 3.8) is 0 Å². The van der Waals surface area contributed by atoms with Gasteiger partial charge in [0.05, 0.1) is 12.7 Å². The van der Waals surface area contributed by atoms with Crippen LogP contribution in [0.15, 0.2) is 24.3 Å². The number of nitriles is 1. The highest BCUT2D eigenvalue weighted by Gasteiger charge is 2.19. The quantitative estimate of drug-likeness (QED) is 0.717. The van der Waals surface area contributed by atoms with Gasteiger partial charge in [0.25, 0.3) is 0 Å². The second-order valence-electron chi connectivity index (χ2n) is 4.48. The lowest BCUT2D eigenvalue weighted by atomic mass is 10.0. The van der Waals surface area contributed by atoms with Gasteiger partial charge in [0.1, 0.15) is 5.92 Å². The second-order valence-corrected chi connectivity index (χ2v) is 4.48. The molecule has 1 aromatic rings. The van der Waals surface area contributed by atoms with Crippen molar-refractivity contribution in [1.82, 2.24) is 0 Å². The van der Waals surface area contributed by atoms with Crippen LogP contribution in [0.1, 0.15) is 26.3 Å². The SMILES string of the molecule is CCOC(=O)C(C#N)Cc1ccc(N(CC)CC)cc1.